The monoisotopic (exact) mass is 242 g/mol. The van der Waals surface area contributed by atoms with Crippen LogP contribution in [-0.2, 0) is 6.54 Å². The molecule has 0 aliphatic carbocycles. The number of thiazole rings is 1. The SMILES string of the molecule is CCCNCc1cnc(C2CCCS2)s1. The smallest absolute Gasteiger partial charge is 0.106 e. The van der Waals surface area contributed by atoms with Crippen molar-refractivity contribution >= 4 is 23.1 Å². The van der Waals surface area contributed by atoms with Crippen molar-refractivity contribution in [2.45, 2.75) is 38.0 Å². The summed E-state index contributed by atoms with van der Waals surface area (Å²) in [5.41, 5.74) is 0. The van der Waals surface area contributed by atoms with Gasteiger partial charge < -0.3 is 5.32 Å². The van der Waals surface area contributed by atoms with E-state index >= 15 is 0 Å². The summed E-state index contributed by atoms with van der Waals surface area (Å²) in [5, 5.41) is 5.45. The lowest BCUT2D eigenvalue weighted by Gasteiger charge is -2.02. The van der Waals surface area contributed by atoms with Gasteiger partial charge in [-0.15, -0.1) is 11.3 Å². The van der Waals surface area contributed by atoms with E-state index in [4.69, 9.17) is 0 Å². The Kier molecular flexibility index (Phi) is 4.47. The second-order valence-electron chi connectivity index (χ2n) is 3.84. The van der Waals surface area contributed by atoms with E-state index < -0.39 is 0 Å². The maximum atomic E-state index is 4.53. The van der Waals surface area contributed by atoms with E-state index in [2.05, 4.69) is 29.0 Å². The average Bonchev–Trinajstić information content (AvgIpc) is 2.87. The van der Waals surface area contributed by atoms with E-state index in [0.717, 1.165) is 13.1 Å². The molecule has 1 fully saturated rings. The van der Waals surface area contributed by atoms with Gasteiger partial charge in [0.25, 0.3) is 0 Å². The molecule has 1 aliphatic rings. The van der Waals surface area contributed by atoms with Gasteiger partial charge in [-0.1, -0.05) is 6.92 Å². The minimum absolute atomic E-state index is 0.690. The quantitative estimate of drug-likeness (QED) is 0.803. The summed E-state index contributed by atoms with van der Waals surface area (Å²) in [6.07, 6.45) is 5.92. The molecule has 1 unspecified atom stereocenters. The molecule has 0 bridgehead atoms. The van der Waals surface area contributed by atoms with Crippen molar-refractivity contribution in [2.24, 2.45) is 0 Å². The van der Waals surface area contributed by atoms with Gasteiger partial charge in [0.1, 0.15) is 5.01 Å². The number of thioether (sulfide) groups is 1. The zero-order chi connectivity index (χ0) is 10.5. The normalized spacial score (nSPS) is 21.0. The van der Waals surface area contributed by atoms with Gasteiger partial charge in [-0.05, 0) is 31.6 Å². The van der Waals surface area contributed by atoms with Gasteiger partial charge in [-0.3, -0.25) is 0 Å². The zero-order valence-electron chi connectivity index (χ0n) is 9.16. The Morgan fingerprint density at radius 3 is 3.27 bits per heavy atom. The van der Waals surface area contributed by atoms with Gasteiger partial charge in [0.15, 0.2) is 0 Å². The van der Waals surface area contributed by atoms with Crippen molar-refractivity contribution in [3.63, 3.8) is 0 Å². The maximum absolute atomic E-state index is 4.53. The van der Waals surface area contributed by atoms with Crippen LogP contribution in [0.5, 0.6) is 0 Å². The Labute approximate surface area is 99.9 Å². The van der Waals surface area contributed by atoms with Crippen molar-refractivity contribution in [2.75, 3.05) is 12.3 Å². The van der Waals surface area contributed by atoms with Crippen LogP contribution in [0, 0.1) is 0 Å². The Morgan fingerprint density at radius 2 is 2.53 bits per heavy atom. The topological polar surface area (TPSA) is 24.9 Å². The van der Waals surface area contributed by atoms with Crippen molar-refractivity contribution < 1.29 is 0 Å². The van der Waals surface area contributed by atoms with Crippen LogP contribution in [0.1, 0.15) is 41.3 Å². The molecule has 0 amide bonds. The highest BCUT2D eigenvalue weighted by Crippen LogP contribution is 2.41. The minimum Gasteiger partial charge on any atom is -0.312 e. The molecule has 0 radical (unpaired) electrons. The van der Waals surface area contributed by atoms with Crippen LogP contribution in [0.25, 0.3) is 0 Å². The number of nitrogens with zero attached hydrogens (tertiary/aromatic N) is 1. The highest BCUT2D eigenvalue weighted by molar-refractivity contribution is 7.99. The predicted octanol–water partition coefficient (Wildman–Crippen LogP) is 3.21. The van der Waals surface area contributed by atoms with Crippen molar-refractivity contribution in [3.05, 3.63) is 16.1 Å². The summed E-state index contributed by atoms with van der Waals surface area (Å²) in [6, 6.07) is 0. The molecule has 1 aliphatic heterocycles. The Bertz CT molecular complexity index is 293. The molecule has 0 saturated carbocycles. The summed E-state index contributed by atoms with van der Waals surface area (Å²) >= 11 is 3.95. The first-order valence-electron chi connectivity index (χ1n) is 5.67. The van der Waals surface area contributed by atoms with Crippen molar-refractivity contribution in [1.82, 2.24) is 10.3 Å². The molecule has 1 aromatic heterocycles. The Balaban J connectivity index is 1.86. The van der Waals surface area contributed by atoms with Gasteiger partial charge in [-0.2, -0.15) is 11.8 Å². The molecular formula is C11H18N2S2. The molecule has 2 heterocycles. The summed E-state index contributed by atoms with van der Waals surface area (Å²) in [6.45, 7) is 4.29. The predicted molar refractivity (Wildman–Crippen MR) is 68.5 cm³/mol. The van der Waals surface area contributed by atoms with Crippen LogP contribution in [0.4, 0.5) is 0 Å². The summed E-state index contributed by atoms with van der Waals surface area (Å²) in [5.74, 6) is 1.31. The average molecular weight is 242 g/mol. The highest BCUT2D eigenvalue weighted by atomic mass is 32.2. The van der Waals surface area contributed by atoms with Gasteiger partial charge in [0.05, 0.1) is 5.25 Å². The lowest BCUT2D eigenvalue weighted by molar-refractivity contribution is 0.681. The Hall–Kier alpha value is -0.0600. The summed E-state index contributed by atoms with van der Waals surface area (Å²) in [4.78, 5) is 5.92. The molecule has 4 heteroatoms. The molecule has 2 nitrogen and oxygen atoms in total. The van der Waals surface area contributed by atoms with Crippen LogP contribution in [0.3, 0.4) is 0 Å². The number of hydrogen-bond acceptors (Lipinski definition) is 4. The number of nitrogens with one attached hydrogen (secondary N) is 1. The van der Waals surface area contributed by atoms with Crippen LogP contribution in [0.2, 0.25) is 0 Å². The number of aromatic nitrogens is 1. The lowest BCUT2D eigenvalue weighted by atomic mass is 10.3. The first kappa shape index (κ1) is 11.4. The lowest BCUT2D eigenvalue weighted by Crippen LogP contribution is -2.12. The molecule has 15 heavy (non-hydrogen) atoms. The van der Waals surface area contributed by atoms with E-state index in [1.54, 1.807) is 0 Å². The molecule has 1 N–H and O–H groups in total. The zero-order valence-corrected chi connectivity index (χ0v) is 10.8. The third-order valence-corrected chi connectivity index (χ3v) is 5.15. The molecule has 0 aromatic carbocycles. The second-order valence-corrected chi connectivity index (χ2v) is 6.30. The fourth-order valence-corrected chi connectivity index (χ4v) is 4.12. The second kappa shape index (κ2) is 5.87. The van der Waals surface area contributed by atoms with Crippen LogP contribution >= 0.6 is 23.1 Å². The number of rotatable bonds is 5. The maximum Gasteiger partial charge on any atom is 0.106 e. The van der Waals surface area contributed by atoms with E-state index in [1.807, 2.05) is 17.5 Å². The van der Waals surface area contributed by atoms with E-state index in [-0.39, 0.29) is 0 Å². The minimum atomic E-state index is 0.690. The van der Waals surface area contributed by atoms with Gasteiger partial charge in [-0.25, -0.2) is 4.98 Å². The van der Waals surface area contributed by atoms with Gasteiger partial charge in [0, 0.05) is 17.6 Å². The van der Waals surface area contributed by atoms with Gasteiger partial charge in [0.2, 0.25) is 0 Å². The van der Waals surface area contributed by atoms with Gasteiger partial charge >= 0.3 is 0 Å². The van der Waals surface area contributed by atoms with Crippen LogP contribution in [-0.4, -0.2) is 17.3 Å². The van der Waals surface area contributed by atoms with Crippen molar-refractivity contribution in [1.29, 1.82) is 0 Å². The standard InChI is InChI=1S/C11H18N2S2/c1-2-5-12-7-9-8-13-11(15-9)10-4-3-6-14-10/h8,10,12H,2-7H2,1H3. The largest absolute Gasteiger partial charge is 0.312 e. The highest BCUT2D eigenvalue weighted by Gasteiger charge is 2.20. The third kappa shape index (κ3) is 3.20. The fraction of sp³-hybridized carbons (Fsp3) is 0.727. The number of hydrogen-bond donors (Lipinski definition) is 1. The summed E-state index contributed by atoms with van der Waals surface area (Å²) < 4.78 is 0. The Morgan fingerprint density at radius 1 is 1.60 bits per heavy atom. The molecule has 1 saturated heterocycles. The molecular weight excluding hydrogens is 224 g/mol. The molecule has 84 valence electrons. The molecule has 1 atom stereocenters. The van der Waals surface area contributed by atoms with E-state index in [1.165, 1.54) is 34.9 Å². The van der Waals surface area contributed by atoms with Crippen molar-refractivity contribution in [3.8, 4) is 0 Å². The first-order valence-corrected chi connectivity index (χ1v) is 7.53. The molecule has 0 spiro atoms. The van der Waals surface area contributed by atoms with E-state index in [0.29, 0.717) is 5.25 Å². The van der Waals surface area contributed by atoms with E-state index in [9.17, 15) is 0 Å². The molecule has 1 aromatic rings. The summed E-state index contributed by atoms with van der Waals surface area (Å²) in [7, 11) is 0. The third-order valence-electron chi connectivity index (χ3n) is 2.50. The van der Waals surface area contributed by atoms with Crippen LogP contribution < -0.4 is 5.32 Å². The fourth-order valence-electron chi connectivity index (χ4n) is 1.71. The first-order chi connectivity index (χ1) is 7.40. The van der Waals surface area contributed by atoms with Crippen LogP contribution in [0.15, 0.2) is 6.20 Å². The molecule has 2 rings (SSSR count).